The molecular formula is C39H50O19. The second kappa shape index (κ2) is 17.7. The van der Waals surface area contributed by atoms with Crippen LogP contribution in [0.2, 0.25) is 0 Å². The molecule has 4 heterocycles. The third-order valence-electron chi connectivity index (χ3n) is 10.4. The fraction of sp³-hybridized carbons (Fsp3) is 0.564. The summed E-state index contributed by atoms with van der Waals surface area (Å²) in [6.45, 7) is 5.71. The Morgan fingerprint density at radius 3 is 1.98 bits per heavy atom. The standard InChI is InChI=1S/C39H50O19/c1-14(2)6-11-19-21(54-38-32(50)29(47)26(44)22(13-40)55-38)12-20(41)23-27(45)35(33(56-34(19)23)17-7-9-18(51-5)10-8-17)57-39-36(30(48)25(43)16(4)53-39)58-37-31(49)28(46)24(42)15(3)52-37/h6-10,12,15-16,22,24-26,28-32,36-44,46-50H,11,13H2,1-5H3/t15-,16+,22+,24+,25+,26-,28-,29+,30-,31+,32+,36+,37+,38-,39+/m1/s1. The van der Waals surface area contributed by atoms with Gasteiger partial charge in [0.15, 0.2) is 18.2 Å². The number of rotatable bonds is 11. The van der Waals surface area contributed by atoms with Gasteiger partial charge in [0.25, 0.3) is 0 Å². The Hall–Kier alpha value is -3.93. The Morgan fingerprint density at radius 2 is 1.36 bits per heavy atom. The number of hydrogen-bond donors (Lipinski definition) is 10. The smallest absolute Gasteiger partial charge is 0.239 e. The van der Waals surface area contributed by atoms with Gasteiger partial charge >= 0.3 is 0 Å². The maximum Gasteiger partial charge on any atom is 0.239 e. The van der Waals surface area contributed by atoms with Gasteiger partial charge in [0.05, 0.1) is 25.9 Å². The molecule has 58 heavy (non-hydrogen) atoms. The van der Waals surface area contributed by atoms with Gasteiger partial charge in [-0.3, -0.25) is 4.79 Å². The Morgan fingerprint density at radius 1 is 0.759 bits per heavy atom. The van der Waals surface area contributed by atoms with Crippen LogP contribution in [0.1, 0.15) is 33.3 Å². The van der Waals surface area contributed by atoms with Gasteiger partial charge in [-0.05, 0) is 58.4 Å². The average molecular weight is 823 g/mol. The highest BCUT2D eigenvalue weighted by Crippen LogP contribution is 2.42. The first-order chi connectivity index (χ1) is 27.5. The number of methoxy groups -OCH3 is 1. The highest BCUT2D eigenvalue weighted by Gasteiger charge is 2.51. The summed E-state index contributed by atoms with van der Waals surface area (Å²) in [5.74, 6) is -1.22. The fourth-order valence-electron chi connectivity index (χ4n) is 6.93. The van der Waals surface area contributed by atoms with Crippen molar-refractivity contribution in [2.75, 3.05) is 13.7 Å². The quantitative estimate of drug-likeness (QED) is 0.103. The molecule has 0 saturated carbocycles. The van der Waals surface area contributed by atoms with Gasteiger partial charge in [0, 0.05) is 17.2 Å². The molecule has 3 saturated heterocycles. The molecule has 0 amide bonds. The molecule has 0 aliphatic carbocycles. The molecule has 15 atom stereocenters. The van der Waals surface area contributed by atoms with Crippen LogP contribution in [0.15, 0.2) is 51.2 Å². The number of fused-ring (bicyclic) bond motifs is 1. The maximum atomic E-state index is 14.7. The fourth-order valence-corrected chi connectivity index (χ4v) is 6.93. The van der Waals surface area contributed by atoms with E-state index in [1.807, 2.05) is 13.8 Å². The minimum absolute atomic E-state index is 0.0169. The van der Waals surface area contributed by atoms with Crippen molar-refractivity contribution in [3.63, 3.8) is 0 Å². The number of allylic oxidation sites excluding steroid dienone is 2. The van der Waals surface area contributed by atoms with E-state index in [4.69, 9.17) is 37.6 Å². The number of benzene rings is 2. The zero-order valence-electron chi connectivity index (χ0n) is 32.2. The predicted molar refractivity (Wildman–Crippen MR) is 198 cm³/mol. The van der Waals surface area contributed by atoms with Gasteiger partial charge in [-0.1, -0.05) is 11.6 Å². The number of hydrogen-bond acceptors (Lipinski definition) is 19. The first-order valence-corrected chi connectivity index (χ1v) is 18.6. The molecule has 1 aromatic heterocycles. The van der Waals surface area contributed by atoms with Crippen LogP contribution in [0, 0.1) is 0 Å². The lowest BCUT2D eigenvalue weighted by Crippen LogP contribution is -2.63. The second-order valence-corrected chi connectivity index (χ2v) is 14.8. The van der Waals surface area contributed by atoms with Crippen molar-refractivity contribution in [2.24, 2.45) is 0 Å². The van der Waals surface area contributed by atoms with E-state index in [9.17, 15) is 55.9 Å². The summed E-state index contributed by atoms with van der Waals surface area (Å²) in [5.41, 5.74) is 0.0592. The van der Waals surface area contributed by atoms with Crippen LogP contribution in [0.25, 0.3) is 22.3 Å². The highest BCUT2D eigenvalue weighted by atomic mass is 16.8. The number of aromatic hydroxyl groups is 1. The van der Waals surface area contributed by atoms with Gasteiger partial charge < -0.3 is 88.6 Å². The van der Waals surface area contributed by atoms with Crippen molar-refractivity contribution in [1.29, 1.82) is 0 Å². The first kappa shape index (κ1) is 43.6. The number of aliphatic hydroxyl groups is 9. The van der Waals surface area contributed by atoms with Gasteiger partial charge in [0.2, 0.25) is 23.8 Å². The van der Waals surface area contributed by atoms with Crippen LogP contribution in [-0.4, -0.2) is 157 Å². The minimum atomic E-state index is -1.83. The number of ether oxygens (including phenoxy) is 7. The average Bonchev–Trinajstić information content (AvgIpc) is 3.20. The highest BCUT2D eigenvalue weighted by molar-refractivity contribution is 5.91. The van der Waals surface area contributed by atoms with Crippen LogP contribution in [0.3, 0.4) is 0 Å². The van der Waals surface area contributed by atoms with Crippen LogP contribution < -0.4 is 19.6 Å². The summed E-state index contributed by atoms with van der Waals surface area (Å²) in [6, 6.07) is 7.27. The number of phenols is 1. The Balaban J connectivity index is 1.50. The Labute approximate surface area is 331 Å². The summed E-state index contributed by atoms with van der Waals surface area (Å²) in [7, 11) is 1.45. The van der Waals surface area contributed by atoms with Crippen molar-refractivity contribution in [3.8, 4) is 34.3 Å². The molecule has 0 spiro atoms. The molecule has 320 valence electrons. The van der Waals surface area contributed by atoms with Crippen molar-refractivity contribution < 1.29 is 88.6 Å². The van der Waals surface area contributed by atoms with E-state index in [0.29, 0.717) is 5.75 Å². The molecule has 0 bridgehead atoms. The van der Waals surface area contributed by atoms with Crippen molar-refractivity contribution in [1.82, 2.24) is 0 Å². The summed E-state index contributed by atoms with van der Waals surface area (Å²) >= 11 is 0. The van der Waals surface area contributed by atoms with Crippen LogP contribution >= 0.6 is 0 Å². The van der Waals surface area contributed by atoms with Crippen molar-refractivity contribution in [2.45, 2.75) is 126 Å². The third kappa shape index (κ3) is 8.41. The topological polar surface area (TPSA) is 297 Å². The molecule has 3 aromatic rings. The lowest BCUT2D eigenvalue weighted by atomic mass is 9.98. The maximum absolute atomic E-state index is 14.7. The van der Waals surface area contributed by atoms with Crippen LogP contribution in [0.4, 0.5) is 0 Å². The van der Waals surface area contributed by atoms with Gasteiger partial charge in [0.1, 0.15) is 83.2 Å². The van der Waals surface area contributed by atoms with E-state index in [1.54, 1.807) is 18.2 Å². The monoisotopic (exact) mass is 822 g/mol. The molecule has 3 fully saturated rings. The lowest BCUT2D eigenvalue weighted by Gasteiger charge is -2.45. The van der Waals surface area contributed by atoms with E-state index < -0.39 is 121 Å². The molecule has 19 heteroatoms. The molecule has 3 aliphatic heterocycles. The van der Waals surface area contributed by atoms with E-state index >= 15 is 0 Å². The zero-order valence-corrected chi connectivity index (χ0v) is 32.2. The summed E-state index contributed by atoms with van der Waals surface area (Å²) in [6.07, 6.45) is -22.2. The molecule has 0 radical (unpaired) electrons. The van der Waals surface area contributed by atoms with Gasteiger partial charge in [-0.15, -0.1) is 0 Å². The van der Waals surface area contributed by atoms with Crippen LogP contribution in [0.5, 0.6) is 23.0 Å². The van der Waals surface area contributed by atoms with E-state index in [0.717, 1.165) is 11.6 Å². The summed E-state index contributed by atoms with van der Waals surface area (Å²) < 4.78 is 46.9. The van der Waals surface area contributed by atoms with Gasteiger partial charge in [-0.2, -0.15) is 0 Å². The SMILES string of the molecule is COc1ccc(-c2oc3c(CC=C(C)C)c(O[C@@H]4O[C@@H](CO)[C@@H](O)[C@H](O)[C@@H]4O)cc(O)c3c(=O)c2O[C@@H]2O[C@@H](C)[C@H](O)[C@@H](O)[C@@H]2O[C@@H]2O[C@H](C)[C@H](O)[C@@H](O)[C@@H]2O)cc1. The number of phenolic OH excluding ortho intramolecular Hbond substituents is 1. The lowest BCUT2D eigenvalue weighted by molar-refractivity contribution is -0.352. The summed E-state index contributed by atoms with van der Waals surface area (Å²) in [5, 5.41) is 106. The third-order valence-corrected chi connectivity index (χ3v) is 10.4. The Kier molecular flexibility index (Phi) is 13.3. The molecule has 19 nitrogen and oxygen atoms in total. The van der Waals surface area contributed by atoms with E-state index in [-0.39, 0.29) is 34.6 Å². The predicted octanol–water partition coefficient (Wildman–Crippen LogP) is -1.08. The Bertz CT molecular complexity index is 1980. The molecule has 0 unspecified atom stereocenters. The molecule has 2 aromatic carbocycles. The second-order valence-electron chi connectivity index (χ2n) is 14.8. The first-order valence-electron chi connectivity index (χ1n) is 18.6. The largest absolute Gasteiger partial charge is 0.507 e. The molecule has 3 aliphatic rings. The molecule has 6 rings (SSSR count). The molecule has 10 N–H and O–H groups in total. The van der Waals surface area contributed by atoms with E-state index in [1.165, 1.54) is 33.1 Å². The van der Waals surface area contributed by atoms with Crippen molar-refractivity contribution in [3.05, 3.63) is 57.8 Å². The van der Waals surface area contributed by atoms with E-state index in [2.05, 4.69) is 0 Å². The zero-order chi connectivity index (χ0) is 42.3. The summed E-state index contributed by atoms with van der Waals surface area (Å²) in [4.78, 5) is 14.7. The number of aliphatic hydroxyl groups excluding tert-OH is 9. The van der Waals surface area contributed by atoms with Gasteiger partial charge in [-0.25, -0.2) is 0 Å². The minimum Gasteiger partial charge on any atom is -0.507 e. The molecular weight excluding hydrogens is 772 g/mol. The normalized spacial score (nSPS) is 35.4. The van der Waals surface area contributed by atoms with Crippen molar-refractivity contribution >= 4 is 11.0 Å². The van der Waals surface area contributed by atoms with Crippen LogP contribution in [-0.2, 0) is 25.4 Å².